The van der Waals surface area contributed by atoms with Gasteiger partial charge in [0.2, 0.25) is 0 Å². The molecule has 6 heteroatoms. The van der Waals surface area contributed by atoms with Crippen molar-refractivity contribution in [2.75, 3.05) is 26.9 Å². The van der Waals surface area contributed by atoms with Crippen LogP contribution in [0.3, 0.4) is 0 Å². The normalized spacial score (nSPS) is 13.8. The molecule has 1 aromatic heterocycles. The lowest BCUT2D eigenvalue weighted by Crippen LogP contribution is -2.33. The standard InChI is InChI=1S/C38H57NO5/c1-27(2)39-34(29-17-15-28(16-18-29)13-12-21-42-9)23-30-19-20-32(24-35(30)39)44-26-31(40)14-10-11-22-43-36(41)33(38(6,7)8)25-37(3,4)5/h15-20,23-24,27,31,33,40H,10-14,21-22,25-26H2,1-9H3. The highest BCUT2D eigenvalue weighted by molar-refractivity contribution is 5.88. The molecule has 0 saturated carbocycles. The van der Waals surface area contributed by atoms with Gasteiger partial charge in [-0.2, -0.15) is 0 Å². The van der Waals surface area contributed by atoms with E-state index in [2.05, 4.69) is 102 Å². The fourth-order valence-electron chi connectivity index (χ4n) is 5.72. The lowest BCUT2D eigenvalue weighted by molar-refractivity contribution is -0.154. The average molecular weight is 608 g/mol. The molecule has 44 heavy (non-hydrogen) atoms. The van der Waals surface area contributed by atoms with E-state index in [9.17, 15) is 9.90 Å². The second kappa shape index (κ2) is 15.9. The Labute approximate surface area is 266 Å². The first kappa shape index (κ1) is 35.6. The van der Waals surface area contributed by atoms with Crippen molar-refractivity contribution >= 4 is 16.9 Å². The van der Waals surface area contributed by atoms with Gasteiger partial charge in [-0.1, -0.05) is 65.8 Å². The third-order valence-electron chi connectivity index (χ3n) is 8.16. The molecule has 2 aromatic carbocycles. The molecule has 0 saturated heterocycles. The zero-order chi connectivity index (χ0) is 32.5. The predicted octanol–water partition coefficient (Wildman–Crippen LogP) is 9.02. The van der Waals surface area contributed by atoms with Crippen LogP contribution < -0.4 is 4.74 Å². The molecule has 1 N–H and O–H groups in total. The van der Waals surface area contributed by atoms with E-state index >= 15 is 0 Å². The number of hydrogen-bond donors (Lipinski definition) is 1. The zero-order valence-electron chi connectivity index (χ0n) is 28.7. The summed E-state index contributed by atoms with van der Waals surface area (Å²) < 4.78 is 19.2. The minimum absolute atomic E-state index is 0.0578. The van der Waals surface area contributed by atoms with Crippen LogP contribution in [0.4, 0.5) is 0 Å². The summed E-state index contributed by atoms with van der Waals surface area (Å²) in [6.07, 6.45) is 4.32. The van der Waals surface area contributed by atoms with Gasteiger partial charge in [-0.3, -0.25) is 4.79 Å². The quantitative estimate of drug-likeness (QED) is 0.130. The van der Waals surface area contributed by atoms with E-state index in [1.165, 1.54) is 16.8 Å². The molecule has 1 heterocycles. The van der Waals surface area contributed by atoms with E-state index in [0.717, 1.165) is 55.4 Å². The maximum absolute atomic E-state index is 12.8. The average Bonchev–Trinajstić information content (AvgIpc) is 3.33. The molecule has 3 aromatic rings. The summed E-state index contributed by atoms with van der Waals surface area (Å²) in [4.78, 5) is 12.8. The van der Waals surface area contributed by atoms with Gasteiger partial charge in [0.05, 0.1) is 24.1 Å². The summed E-state index contributed by atoms with van der Waals surface area (Å²) in [5, 5.41) is 11.8. The van der Waals surface area contributed by atoms with E-state index in [-0.39, 0.29) is 35.4 Å². The molecule has 0 radical (unpaired) electrons. The van der Waals surface area contributed by atoms with Crippen molar-refractivity contribution in [3.63, 3.8) is 0 Å². The summed E-state index contributed by atoms with van der Waals surface area (Å²) in [6, 6.07) is 17.5. The van der Waals surface area contributed by atoms with Gasteiger partial charge in [-0.25, -0.2) is 0 Å². The number of aryl methyl sites for hydroxylation is 1. The number of aliphatic hydroxyl groups is 1. The van der Waals surface area contributed by atoms with Crippen molar-refractivity contribution in [3.8, 4) is 17.0 Å². The molecule has 244 valence electrons. The molecule has 0 aliphatic heterocycles. The summed E-state index contributed by atoms with van der Waals surface area (Å²) in [5.41, 5.74) is 4.73. The number of aromatic nitrogens is 1. The van der Waals surface area contributed by atoms with Crippen LogP contribution in [0.1, 0.15) is 99.1 Å². The smallest absolute Gasteiger partial charge is 0.309 e. The first-order valence-corrected chi connectivity index (χ1v) is 16.4. The molecule has 2 atom stereocenters. The lowest BCUT2D eigenvalue weighted by Gasteiger charge is -2.33. The molecular weight excluding hydrogens is 550 g/mol. The minimum Gasteiger partial charge on any atom is -0.491 e. The van der Waals surface area contributed by atoms with Gasteiger partial charge < -0.3 is 23.9 Å². The number of fused-ring (bicyclic) bond motifs is 1. The Bertz CT molecular complexity index is 1310. The van der Waals surface area contributed by atoms with Gasteiger partial charge >= 0.3 is 5.97 Å². The number of unbranched alkanes of at least 4 members (excludes halogenated alkanes) is 1. The van der Waals surface area contributed by atoms with Gasteiger partial charge in [0.25, 0.3) is 0 Å². The van der Waals surface area contributed by atoms with Crippen LogP contribution in [0.25, 0.3) is 22.2 Å². The summed E-state index contributed by atoms with van der Waals surface area (Å²) >= 11 is 0. The van der Waals surface area contributed by atoms with Crippen LogP contribution in [0.2, 0.25) is 0 Å². The molecule has 0 bridgehead atoms. The molecule has 0 amide bonds. The Hall–Kier alpha value is -2.83. The van der Waals surface area contributed by atoms with Gasteiger partial charge in [0, 0.05) is 36.9 Å². The number of nitrogens with zero attached hydrogens (tertiary/aromatic N) is 1. The van der Waals surface area contributed by atoms with Crippen LogP contribution in [0, 0.1) is 16.7 Å². The maximum atomic E-state index is 12.8. The Balaban J connectivity index is 1.53. The SMILES string of the molecule is COCCCc1ccc(-c2cc3ccc(OCC(O)CCCCOC(=O)C(CC(C)(C)C)C(C)(C)C)cc3n2C(C)C)cc1. The van der Waals surface area contributed by atoms with Gasteiger partial charge in [-0.05, 0) is 92.5 Å². The van der Waals surface area contributed by atoms with Gasteiger partial charge in [0.15, 0.2) is 0 Å². The molecule has 0 aliphatic rings. The van der Waals surface area contributed by atoms with Crippen molar-refractivity contribution in [1.82, 2.24) is 4.57 Å². The Kier molecular flexibility index (Phi) is 12.9. The van der Waals surface area contributed by atoms with Crippen molar-refractivity contribution in [3.05, 3.63) is 54.1 Å². The minimum atomic E-state index is -0.584. The highest BCUT2D eigenvalue weighted by atomic mass is 16.5. The zero-order valence-corrected chi connectivity index (χ0v) is 28.7. The lowest BCUT2D eigenvalue weighted by atomic mass is 9.72. The third-order valence-corrected chi connectivity index (χ3v) is 8.16. The van der Waals surface area contributed by atoms with Crippen molar-refractivity contribution in [2.24, 2.45) is 16.7 Å². The highest BCUT2D eigenvalue weighted by Crippen LogP contribution is 2.37. The number of aliphatic hydroxyl groups excluding tert-OH is 1. The molecule has 2 unspecified atom stereocenters. The number of benzene rings is 2. The van der Waals surface area contributed by atoms with Gasteiger partial charge in [0.1, 0.15) is 12.4 Å². The first-order chi connectivity index (χ1) is 20.7. The van der Waals surface area contributed by atoms with Crippen LogP contribution in [0.15, 0.2) is 48.5 Å². The molecule has 0 aliphatic carbocycles. The van der Waals surface area contributed by atoms with E-state index in [1.54, 1.807) is 7.11 Å². The predicted molar refractivity (Wildman–Crippen MR) is 181 cm³/mol. The number of carbonyl (C=O) groups excluding carboxylic acids is 1. The fourth-order valence-corrected chi connectivity index (χ4v) is 5.72. The summed E-state index contributed by atoms with van der Waals surface area (Å²) in [7, 11) is 1.74. The largest absolute Gasteiger partial charge is 0.491 e. The van der Waals surface area contributed by atoms with E-state index < -0.39 is 6.10 Å². The van der Waals surface area contributed by atoms with E-state index in [0.29, 0.717) is 13.0 Å². The molecule has 0 spiro atoms. The number of rotatable bonds is 16. The van der Waals surface area contributed by atoms with E-state index in [1.807, 2.05) is 6.07 Å². The molecule has 3 rings (SSSR count). The molecule has 6 nitrogen and oxygen atoms in total. The summed E-state index contributed by atoms with van der Waals surface area (Å²) in [6.45, 7) is 18.6. The first-order valence-electron chi connectivity index (χ1n) is 16.4. The van der Waals surface area contributed by atoms with Crippen LogP contribution in [-0.2, 0) is 20.7 Å². The summed E-state index contributed by atoms with van der Waals surface area (Å²) in [5.74, 6) is 0.497. The maximum Gasteiger partial charge on any atom is 0.309 e. The number of carbonyl (C=O) groups is 1. The van der Waals surface area contributed by atoms with Crippen molar-refractivity contribution in [2.45, 2.75) is 106 Å². The third kappa shape index (κ3) is 10.7. The Morgan fingerprint density at radius 1 is 0.909 bits per heavy atom. The number of hydrogen-bond acceptors (Lipinski definition) is 5. The molecule has 0 fully saturated rings. The Morgan fingerprint density at radius 2 is 1.61 bits per heavy atom. The Morgan fingerprint density at radius 3 is 2.23 bits per heavy atom. The van der Waals surface area contributed by atoms with Crippen LogP contribution in [-0.4, -0.2) is 48.7 Å². The highest BCUT2D eigenvalue weighted by Gasteiger charge is 2.35. The van der Waals surface area contributed by atoms with Gasteiger partial charge in [-0.15, -0.1) is 0 Å². The van der Waals surface area contributed by atoms with Crippen molar-refractivity contribution < 1.29 is 24.1 Å². The number of methoxy groups -OCH3 is 1. The monoisotopic (exact) mass is 607 g/mol. The fraction of sp³-hybridized carbons (Fsp3) is 0.605. The van der Waals surface area contributed by atoms with Crippen molar-refractivity contribution in [1.29, 1.82) is 0 Å². The molecular formula is C38H57NO5. The van der Waals surface area contributed by atoms with Crippen LogP contribution in [0.5, 0.6) is 5.75 Å². The number of esters is 1. The second-order valence-corrected chi connectivity index (χ2v) is 14.8. The van der Waals surface area contributed by atoms with Crippen LogP contribution >= 0.6 is 0 Å². The number of ether oxygens (including phenoxy) is 3. The van der Waals surface area contributed by atoms with E-state index in [4.69, 9.17) is 14.2 Å². The topological polar surface area (TPSA) is 69.9 Å². The second-order valence-electron chi connectivity index (χ2n) is 14.8.